The van der Waals surface area contributed by atoms with Crippen LogP contribution in [0.25, 0.3) is 0 Å². The molecule has 10 heteroatoms. The molecule has 3 N–H and O–H groups in total. The number of hydrogen-bond donors (Lipinski definition) is 2. The lowest BCUT2D eigenvalue weighted by atomic mass is 10.0. The summed E-state index contributed by atoms with van der Waals surface area (Å²) in [6.45, 7) is 0.820. The Kier molecular flexibility index (Phi) is 4.94. The highest BCUT2D eigenvalue weighted by atomic mass is 32.2. The van der Waals surface area contributed by atoms with Gasteiger partial charge in [0.05, 0.1) is 0 Å². The number of nitrogens with one attached hydrogen (secondary N) is 1. The van der Waals surface area contributed by atoms with E-state index < -0.39 is 20.2 Å². The summed E-state index contributed by atoms with van der Waals surface area (Å²) < 4.78 is 50.3. The van der Waals surface area contributed by atoms with Gasteiger partial charge in [-0.15, -0.1) is 0 Å². The molecule has 0 saturated carbocycles. The highest BCUT2D eigenvalue weighted by molar-refractivity contribution is 7.89. The molecule has 2 heterocycles. The lowest BCUT2D eigenvalue weighted by Gasteiger charge is -2.31. The molecule has 1 fully saturated rings. The smallest absolute Gasteiger partial charge is 0.263 e. The first-order valence-electron chi connectivity index (χ1n) is 6.46. The van der Waals surface area contributed by atoms with Gasteiger partial charge in [-0.25, -0.2) is 18.3 Å². The SMILES string of the molecule is NS(=O)(=O)NCC1CCCN(S(=O)(=O)c2cccnc2)C1. The van der Waals surface area contributed by atoms with Gasteiger partial charge in [-0.1, -0.05) is 0 Å². The third kappa shape index (κ3) is 4.45. The van der Waals surface area contributed by atoms with Crippen molar-refractivity contribution in [3.63, 3.8) is 0 Å². The quantitative estimate of drug-likeness (QED) is 0.735. The minimum absolute atomic E-state index is 0.0940. The Morgan fingerprint density at radius 3 is 2.76 bits per heavy atom. The van der Waals surface area contributed by atoms with Crippen LogP contribution in [0.15, 0.2) is 29.4 Å². The van der Waals surface area contributed by atoms with Crippen molar-refractivity contribution in [1.82, 2.24) is 14.0 Å². The molecule has 1 saturated heterocycles. The van der Waals surface area contributed by atoms with Crippen LogP contribution in [-0.4, -0.2) is 45.8 Å². The number of aromatic nitrogens is 1. The van der Waals surface area contributed by atoms with Gasteiger partial charge in [-0.3, -0.25) is 4.98 Å². The average molecular weight is 334 g/mol. The molecule has 8 nitrogen and oxygen atoms in total. The molecule has 1 aliphatic rings. The minimum Gasteiger partial charge on any atom is -0.263 e. The van der Waals surface area contributed by atoms with Crippen molar-refractivity contribution < 1.29 is 16.8 Å². The first-order valence-corrected chi connectivity index (χ1v) is 9.45. The number of pyridine rings is 1. The van der Waals surface area contributed by atoms with E-state index in [0.717, 1.165) is 6.42 Å². The molecular formula is C11H18N4O4S2. The summed E-state index contributed by atoms with van der Waals surface area (Å²) in [7, 11) is -7.34. The highest BCUT2D eigenvalue weighted by Gasteiger charge is 2.30. The van der Waals surface area contributed by atoms with E-state index in [4.69, 9.17) is 5.14 Å². The maximum atomic E-state index is 12.5. The second-order valence-electron chi connectivity index (χ2n) is 4.95. The van der Waals surface area contributed by atoms with Crippen LogP contribution in [0.1, 0.15) is 12.8 Å². The Labute approximate surface area is 124 Å². The summed E-state index contributed by atoms with van der Waals surface area (Å²) in [5.74, 6) is -0.0940. The largest absolute Gasteiger partial charge is 0.274 e. The average Bonchev–Trinajstić information content (AvgIpc) is 2.46. The lowest BCUT2D eigenvalue weighted by Crippen LogP contribution is -2.44. The fourth-order valence-corrected chi connectivity index (χ4v) is 4.28. The fourth-order valence-electron chi connectivity index (χ4n) is 2.29. The molecule has 0 spiro atoms. The second-order valence-corrected chi connectivity index (χ2v) is 8.27. The van der Waals surface area contributed by atoms with E-state index in [1.54, 1.807) is 6.07 Å². The van der Waals surface area contributed by atoms with Gasteiger partial charge >= 0.3 is 0 Å². The Hall–Kier alpha value is -1.07. The molecule has 0 bridgehead atoms. The van der Waals surface area contributed by atoms with Crippen molar-refractivity contribution in [2.45, 2.75) is 17.7 Å². The van der Waals surface area contributed by atoms with Gasteiger partial charge in [-0.05, 0) is 30.9 Å². The normalized spacial score (nSPS) is 21.3. The van der Waals surface area contributed by atoms with E-state index in [1.165, 1.54) is 22.8 Å². The highest BCUT2D eigenvalue weighted by Crippen LogP contribution is 2.22. The first-order chi connectivity index (χ1) is 9.79. The zero-order valence-corrected chi connectivity index (χ0v) is 13.0. The molecule has 1 aromatic heterocycles. The summed E-state index contributed by atoms with van der Waals surface area (Å²) in [5, 5.41) is 4.89. The van der Waals surface area contributed by atoms with Crippen molar-refractivity contribution >= 4 is 20.2 Å². The van der Waals surface area contributed by atoms with Gasteiger partial charge < -0.3 is 0 Å². The number of nitrogens with two attached hydrogens (primary N) is 1. The van der Waals surface area contributed by atoms with Crippen LogP contribution in [0, 0.1) is 5.92 Å². The number of piperidine rings is 1. The van der Waals surface area contributed by atoms with Crippen LogP contribution >= 0.6 is 0 Å². The molecule has 0 aromatic carbocycles. The Bertz CT molecular complexity index is 675. The van der Waals surface area contributed by atoms with Crippen LogP contribution in [0.3, 0.4) is 0 Å². The molecule has 1 aromatic rings. The fraction of sp³-hybridized carbons (Fsp3) is 0.545. The number of nitrogens with zero attached hydrogens (tertiary/aromatic N) is 2. The second kappa shape index (κ2) is 6.36. The van der Waals surface area contributed by atoms with Crippen molar-refractivity contribution in [3.8, 4) is 0 Å². The predicted octanol–water partition coefficient (Wildman–Crippen LogP) is -0.725. The van der Waals surface area contributed by atoms with Crippen molar-refractivity contribution in [1.29, 1.82) is 0 Å². The third-order valence-corrected chi connectivity index (χ3v) is 5.74. The molecule has 1 atom stereocenters. The molecule has 1 unspecified atom stereocenters. The summed E-state index contributed by atoms with van der Waals surface area (Å²) in [4.78, 5) is 3.96. The van der Waals surface area contributed by atoms with Crippen LogP contribution in [0.2, 0.25) is 0 Å². The van der Waals surface area contributed by atoms with E-state index in [2.05, 4.69) is 9.71 Å². The number of sulfonamides is 1. The molecule has 0 radical (unpaired) electrons. The molecule has 21 heavy (non-hydrogen) atoms. The molecule has 0 amide bonds. The maximum absolute atomic E-state index is 12.5. The maximum Gasteiger partial charge on any atom is 0.274 e. The minimum atomic E-state index is -3.76. The lowest BCUT2D eigenvalue weighted by molar-refractivity contribution is 0.267. The molecule has 2 rings (SSSR count). The molecule has 0 aliphatic carbocycles. The summed E-state index contributed by atoms with van der Waals surface area (Å²) >= 11 is 0. The van der Waals surface area contributed by atoms with Gasteiger partial charge in [0, 0.05) is 32.0 Å². The Balaban J connectivity index is 2.07. The van der Waals surface area contributed by atoms with Gasteiger partial charge in [0.2, 0.25) is 10.0 Å². The van der Waals surface area contributed by atoms with Crippen molar-refractivity contribution in [2.24, 2.45) is 11.1 Å². The first kappa shape index (κ1) is 16.3. The van der Waals surface area contributed by atoms with Crippen molar-refractivity contribution in [3.05, 3.63) is 24.5 Å². The van der Waals surface area contributed by atoms with E-state index in [1.807, 2.05) is 0 Å². The number of hydrogen-bond acceptors (Lipinski definition) is 5. The van der Waals surface area contributed by atoms with Gasteiger partial charge in [-0.2, -0.15) is 12.7 Å². The van der Waals surface area contributed by atoms with Gasteiger partial charge in [0.15, 0.2) is 0 Å². The Morgan fingerprint density at radius 2 is 2.14 bits per heavy atom. The van der Waals surface area contributed by atoms with E-state index in [9.17, 15) is 16.8 Å². The molecular weight excluding hydrogens is 316 g/mol. The standard InChI is InChI=1S/C11H18N4O4S2/c12-21(18,19)14-7-10-3-2-6-15(9-10)20(16,17)11-4-1-5-13-8-11/h1,4-5,8,10,14H,2-3,6-7,9H2,(H2,12,18,19). The van der Waals surface area contributed by atoms with Crippen LogP contribution in [0.5, 0.6) is 0 Å². The number of rotatable bonds is 5. The molecule has 1 aliphatic heterocycles. The van der Waals surface area contributed by atoms with Gasteiger partial charge in [0.1, 0.15) is 4.90 Å². The van der Waals surface area contributed by atoms with E-state index >= 15 is 0 Å². The van der Waals surface area contributed by atoms with Crippen LogP contribution in [-0.2, 0) is 20.2 Å². The molecule has 118 valence electrons. The topological polar surface area (TPSA) is 122 Å². The van der Waals surface area contributed by atoms with Gasteiger partial charge in [0.25, 0.3) is 10.2 Å². The third-order valence-electron chi connectivity index (χ3n) is 3.33. The predicted molar refractivity (Wildman–Crippen MR) is 76.8 cm³/mol. The van der Waals surface area contributed by atoms with Crippen molar-refractivity contribution in [2.75, 3.05) is 19.6 Å². The van der Waals surface area contributed by atoms with Crippen LogP contribution < -0.4 is 9.86 Å². The summed E-state index contributed by atoms with van der Waals surface area (Å²) in [6.07, 6.45) is 4.24. The zero-order valence-electron chi connectivity index (χ0n) is 11.3. The van der Waals surface area contributed by atoms with E-state index in [0.29, 0.717) is 13.0 Å². The van der Waals surface area contributed by atoms with Crippen LogP contribution in [0.4, 0.5) is 0 Å². The zero-order chi connectivity index (χ0) is 15.5. The summed E-state index contributed by atoms with van der Waals surface area (Å²) in [6, 6.07) is 3.06. The Morgan fingerprint density at radius 1 is 1.38 bits per heavy atom. The summed E-state index contributed by atoms with van der Waals surface area (Å²) in [5.41, 5.74) is 0. The van der Waals surface area contributed by atoms with E-state index in [-0.39, 0.29) is 23.9 Å². The monoisotopic (exact) mass is 334 g/mol.